The molecule has 0 unspecified atom stereocenters. The average Bonchev–Trinajstić information content (AvgIpc) is 3.13. The number of ether oxygens (including phenoxy) is 1. The van der Waals surface area contributed by atoms with Crippen LogP contribution in [0.3, 0.4) is 0 Å². The van der Waals surface area contributed by atoms with Gasteiger partial charge in [0.05, 0.1) is 17.4 Å². The van der Waals surface area contributed by atoms with Crippen LogP contribution in [0, 0.1) is 24.2 Å². The lowest BCUT2D eigenvalue weighted by atomic mass is 9.95. The summed E-state index contributed by atoms with van der Waals surface area (Å²) in [5.74, 6) is 0.191. The van der Waals surface area contributed by atoms with Gasteiger partial charge < -0.3 is 9.64 Å². The predicted molar refractivity (Wildman–Crippen MR) is 147 cm³/mol. The quantitative estimate of drug-likeness (QED) is 0.266. The van der Waals surface area contributed by atoms with Crippen LogP contribution in [0.1, 0.15) is 69.6 Å². The predicted octanol–water partition coefficient (Wildman–Crippen LogP) is 4.22. The zero-order valence-electron chi connectivity index (χ0n) is 21.5. The molecule has 0 N–H and O–H groups in total. The standard InChI is InChI=1S/C26H34N4O4S2/c1-5-8-12-30-24(32)21(36-26(30)35)15-19-17(4)20(16-27)23(31)29(11-6-2)22(19)28-13-9-18(10-14-28)25(33)34-7-3/h15,18H,5-14H2,1-4H3. The molecule has 0 saturated carbocycles. The number of carbonyl (C=O) groups is 2. The summed E-state index contributed by atoms with van der Waals surface area (Å²) in [6.45, 7) is 10.1. The highest BCUT2D eigenvalue weighted by molar-refractivity contribution is 8.26. The normalized spacial score (nSPS) is 17.7. The van der Waals surface area contributed by atoms with Crippen molar-refractivity contribution in [3.63, 3.8) is 0 Å². The molecule has 36 heavy (non-hydrogen) atoms. The number of thiocarbonyl (C=S) groups is 1. The molecule has 1 aromatic rings. The number of piperidine rings is 1. The number of aromatic nitrogens is 1. The smallest absolute Gasteiger partial charge is 0.309 e. The highest BCUT2D eigenvalue weighted by Gasteiger charge is 2.34. The van der Waals surface area contributed by atoms with Crippen molar-refractivity contribution < 1.29 is 14.3 Å². The van der Waals surface area contributed by atoms with E-state index < -0.39 is 0 Å². The number of hydrogen-bond acceptors (Lipinski definition) is 8. The van der Waals surface area contributed by atoms with E-state index in [2.05, 4.69) is 17.9 Å². The fourth-order valence-electron chi connectivity index (χ4n) is 4.64. The molecule has 0 atom stereocenters. The number of thioether (sulfide) groups is 1. The van der Waals surface area contributed by atoms with Crippen LogP contribution < -0.4 is 10.5 Å². The number of pyridine rings is 1. The minimum Gasteiger partial charge on any atom is -0.466 e. The molecule has 0 bridgehead atoms. The second-order valence-electron chi connectivity index (χ2n) is 9.01. The molecule has 3 heterocycles. The molecular formula is C26H34N4O4S2. The minimum absolute atomic E-state index is 0.0846. The van der Waals surface area contributed by atoms with Crippen molar-refractivity contribution in [2.75, 3.05) is 31.1 Å². The fraction of sp³-hybridized carbons (Fsp3) is 0.577. The van der Waals surface area contributed by atoms with E-state index in [1.807, 2.05) is 6.92 Å². The molecule has 0 aromatic carbocycles. The maximum absolute atomic E-state index is 13.3. The van der Waals surface area contributed by atoms with Crippen LogP contribution in [-0.4, -0.2) is 51.9 Å². The Balaban J connectivity index is 2.10. The molecule has 10 heteroatoms. The molecule has 2 fully saturated rings. The van der Waals surface area contributed by atoms with Crippen LogP contribution >= 0.6 is 24.0 Å². The lowest BCUT2D eigenvalue weighted by Gasteiger charge is -2.35. The van der Waals surface area contributed by atoms with Crippen molar-refractivity contribution >= 4 is 52.1 Å². The number of unbranched alkanes of at least 4 members (excludes halogenated alkanes) is 1. The fourth-order valence-corrected chi connectivity index (χ4v) is 5.93. The number of nitrogens with zero attached hydrogens (tertiary/aromatic N) is 4. The molecule has 0 spiro atoms. The molecule has 1 amide bonds. The second-order valence-corrected chi connectivity index (χ2v) is 10.7. The van der Waals surface area contributed by atoms with Gasteiger partial charge >= 0.3 is 5.97 Å². The highest BCUT2D eigenvalue weighted by atomic mass is 32.2. The largest absolute Gasteiger partial charge is 0.466 e. The van der Waals surface area contributed by atoms with Gasteiger partial charge in [-0.1, -0.05) is 44.2 Å². The van der Waals surface area contributed by atoms with E-state index in [1.54, 1.807) is 29.4 Å². The molecule has 0 radical (unpaired) electrons. The Hall–Kier alpha value is -2.64. The van der Waals surface area contributed by atoms with Gasteiger partial charge in [0, 0.05) is 31.7 Å². The highest BCUT2D eigenvalue weighted by Crippen LogP contribution is 2.37. The Morgan fingerprint density at radius 2 is 1.89 bits per heavy atom. The summed E-state index contributed by atoms with van der Waals surface area (Å²) in [6, 6.07) is 2.08. The molecule has 194 valence electrons. The number of esters is 1. The second kappa shape index (κ2) is 12.5. The zero-order chi connectivity index (χ0) is 26.4. The molecule has 0 aliphatic carbocycles. The Bertz CT molecular complexity index is 1160. The molecular weight excluding hydrogens is 496 g/mol. The number of anilines is 1. The number of rotatable bonds is 9. The monoisotopic (exact) mass is 530 g/mol. The SMILES string of the molecule is CCCCN1C(=O)C(=Cc2c(C)c(C#N)c(=O)n(CCC)c2N2CCC(C(=O)OCC)CC2)SC1=S. The first-order chi connectivity index (χ1) is 17.3. The Morgan fingerprint density at radius 1 is 1.19 bits per heavy atom. The summed E-state index contributed by atoms with van der Waals surface area (Å²) in [5, 5.41) is 9.81. The minimum atomic E-state index is -0.327. The van der Waals surface area contributed by atoms with Crippen LogP contribution in [0.2, 0.25) is 0 Å². The first-order valence-corrected chi connectivity index (χ1v) is 13.9. The third-order valence-corrected chi connectivity index (χ3v) is 7.97. The molecule has 1 aromatic heterocycles. The number of hydrogen-bond donors (Lipinski definition) is 0. The maximum Gasteiger partial charge on any atom is 0.309 e. The van der Waals surface area contributed by atoms with E-state index in [1.165, 1.54) is 11.8 Å². The Morgan fingerprint density at radius 3 is 2.47 bits per heavy atom. The first-order valence-electron chi connectivity index (χ1n) is 12.6. The molecule has 2 aliphatic heterocycles. The van der Waals surface area contributed by atoms with E-state index in [0.29, 0.717) is 78.2 Å². The van der Waals surface area contributed by atoms with Crippen molar-refractivity contribution in [2.45, 2.75) is 66.3 Å². The van der Waals surface area contributed by atoms with Crippen LogP contribution in [0.5, 0.6) is 0 Å². The Labute approximate surface area is 222 Å². The van der Waals surface area contributed by atoms with E-state index in [-0.39, 0.29) is 28.9 Å². The van der Waals surface area contributed by atoms with Gasteiger partial charge in [0.15, 0.2) is 0 Å². The van der Waals surface area contributed by atoms with Gasteiger partial charge in [0.25, 0.3) is 11.5 Å². The third kappa shape index (κ3) is 5.68. The first kappa shape index (κ1) is 27.9. The summed E-state index contributed by atoms with van der Waals surface area (Å²) in [7, 11) is 0. The summed E-state index contributed by atoms with van der Waals surface area (Å²) >= 11 is 6.73. The Kier molecular flexibility index (Phi) is 9.74. The van der Waals surface area contributed by atoms with Crippen LogP contribution in [0.4, 0.5) is 5.82 Å². The van der Waals surface area contributed by atoms with Gasteiger partial charge in [-0.25, -0.2) is 0 Å². The maximum atomic E-state index is 13.3. The lowest BCUT2D eigenvalue weighted by Crippen LogP contribution is -2.41. The van der Waals surface area contributed by atoms with Gasteiger partial charge in [-0.3, -0.25) is 23.9 Å². The van der Waals surface area contributed by atoms with Crippen molar-refractivity contribution in [1.29, 1.82) is 5.26 Å². The topological polar surface area (TPSA) is 95.6 Å². The molecule has 8 nitrogen and oxygen atoms in total. The summed E-state index contributed by atoms with van der Waals surface area (Å²) < 4.78 is 7.39. The summed E-state index contributed by atoms with van der Waals surface area (Å²) in [6.07, 6.45) is 5.53. The molecule has 3 rings (SSSR count). The van der Waals surface area contributed by atoms with Crippen LogP contribution in [0.25, 0.3) is 6.08 Å². The number of amides is 1. The van der Waals surface area contributed by atoms with Crippen molar-refractivity contribution in [1.82, 2.24) is 9.47 Å². The van der Waals surface area contributed by atoms with Crippen LogP contribution in [-0.2, 0) is 20.9 Å². The number of nitriles is 1. The lowest BCUT2D eigenvalue weighted by molar-refractivity contribution is -0.148. The number of carbonyl (C=O) groups excluding carboxylic acids is 2. The van der Waals surface area contributed by atoms with E-state index in [4.69, 9.17) is 17.0 Å². The van der Waals surface area contributed by atoms with Gasteiger partial charge in [-0.2, -0.15) is 5.26 Å². The van der Waals surface area contributed by atoms with Crippen molar-refractivity contribution in [3.8, 4) is 6.07 Å². The van der Waals surface area contributed by atoms with Crippen LogP contribution in [0.15, 0.2) is 9.70 Å². The molecule has 2 saturated heterocycles. The van der Waals surface area contributed by atoms with E-state index >= 15 is 0 Å². The third-order valence-electron chi connectivity index (χ3n) is 6.59. The van der Waals surface area contributed by atoms with Crippen molar-refractivity contribution in [3.05, 3.63) is 31.9 Å². The van der Waals surface area contributed by atoms with Gasteiger partial charge in [0.2, 0.25) is 0 Å². The summed E-state index contributed by atoms with van der Waals surface area (Å²) in [5.41, 5.74) is 0.995. The average molecular weight is 531 g/mol. The van der Waals surface area contributed by atoms with E-state index in [0.717, 1.165) is 12.8 Å². The van der Waals surface area contributed by atoms with Gasteiger partial charge in [-0.05, 0) is 51.2 Å². The summed E-state index contributed by atoms with van der Waals surface area (Å²) in [4.78, 5) is 43.0. The van der Waals surface area contributed by atoms with E-state index in [9.17, 15) is 19.6 Å². The van der Waals surface area contributed by atoms with Crippen molar-refractivity contribution in [2.24, 2.45) is 5.92 Å². The molecule has 2 aliphatic rings. The van der Waals surface area contributed by atoms with Gasteiger partial charge in [0.1, 0.15) is 21.8 Å². The van der Waals surface area contributed by atoms with Gasteiger partial charge in [-0.15, -0.1) is 0 Å². The zero-order valence-corrected chi connectivity index (χ0v) is 23.1.